The van der Waals surface area contributed by atoms with E-state index in [9.17, 15) is 17.6 Å². The summed E-state index contributed by atoms with van der Waals surface area (Å²) in [6.45, 7) is 2.05. The van der Waals surface area contributed by atoms with Crippen molar-refractivity contribution < 1.29 is 17.6 Å². The Labute approximate surface area is 156 Å². The highest BCUT2D eigenvalue weighted by molar-refractivity contribution is 7.92. The molecule has 1 heterocycles. The molecule has 26 heavy (non-hydrogen) atoms. The zero-order valence-corrected chi connectivity index (χ0v) is 15.7. The van der Waals surface area contributed by atoms with Crippen LogP contribution in [0.15, 0.2) is 36.4 Å². The van der Waals surface area contributed by atoms with Gasteiger partial charge in [-0.2, -0.15) is 0 Å². The molecule has 0 unspecified atom stereocenters. The fourth-order valence-electron chi connectivity index (χ4n) is 2.99. The highest BCUT2D eigenvalue weighted by atomic mass is 35.5. The summed E-state index contributed by atoms with van der Waals surface area (Å²) in [5.41, 5.74) is 1.69. The van der Waals surface area contributed by atoms with Crippen LogP contribution in [0.1, 0.15) is 29.3 Å². The van der Waals surface area contributed by atoms with Crippen LogP contribution in [0.25, 0.3) is 0 Å². The van der Waals surface area contributed by atoms with E-state index >= 15 is 0 Å². The molecule has 0 spiro atoms. The average molecular weight is 397 g/mol. The van der Waals surface area contributed by atoms with Crippen molar-refractivity contribution in [1.29, 1.82) is 0 Å². The summed E-state index contributed by atoms with van der Waals surface area (Å²) in [6.07, 6.45) is 1.40. The molecule has 8 heteroatoms. The van der Waals surface area contributed by atoms with E-state index in [0.29, 0.717) is 30.8 Å². The molecule has 0 saturated heterocycles. The zero-order valence-electron chi connectivity index (χ0n) is 14.1. The van der Waals surface area contributed by atoms with E-state index < -0.39 is 21.7 Å². The number of anilines is 2. The summed E-state index contributed by atoms with van der Waals surface area (Å²) in [5, 5.41) is 2.65. The first-order valence-corrected chi connectivity index (χ1v) is 10.2. The minimum atomic E-state index is -3.35. The minimum absolute atomic E-state index is 0.0245. The van der Waals surface area contributed by atoms with Gasteiger partial charge in [-0.1, -0.05) is 17.7 Å². The van der Waals surface area contributed by atoms with Gasteiger partial charge in [0.1, 0.15) is 5.82 Å². The van der Waals surface area contributed by atoms with Crippen molar-refractivity contribution >= 4 is 38.9 Å². The molecule has 5 nitrogen and oxygen atoms in total. The second kappa shape index (κ2) is 7.25. The van der Waals surface area contributed by atoms with Gasteiger partial charge in [-0.15, -0.1) is 0 Å². The third-order valence-corrected chi connectivity index (χ3v) is 6.40. The molecule has 0 aromatic heterocycles. The Hall–Kier alpha value is -2.12. The number of rotatable bonds is 4. The number of nitrogens with one attached hydrogen (secondary N) is 1. The maximum Gasteiger partial charge on any atom is 0.260 e. The lowest BCUT2D eigenvalue weighted by Crippen LogP contribution is -2.36. The van der Waals surface area contributed by atoms with E-state index in [1.165, 1.54) is 22.5 Å². The fraction of sp³-hybridized carbons (Fsp3) is 0.278. The molecule has 0 bridgehead atoms. The topological polar surface area (TPSA) is 66.5 Å². The molecule has 138 valence electrons. The summed E-state index contributed by atoms with van der Waals surface area (Å²) in [6, 6.07) is 9.03. The number of sulfonamides is 1. The van der Waals surface area contributed by atoms with Gasteiger partial charge in [-0.05, 0) is 55.7 Å². The number of fused-ring (bicyclic) bond motifs is 1. The molecule has 1 N–H and O–H groups in total. The van der Waals surface area contributed by atoms with Gasteiger partial charge in [-0.3, -0.25) is 9.10 Å². The molecule has 0 radical (unpaired) electrons. The maximum atomic E-state index is 13.9. The van der Waals surface area contributed by atoms with Gasteiger partial charge in [0.05, 0.1) is 22.0 Å². The number of nitrogens with zero attached hydrogens (tertiary/aromatic N) is 1. The molecular formula is C18H18ClFN2O3S. The fourth-order valence-corrected chi connectivity index (χ4v) is 4.44. The van der Waals surface area contributed by atoms with Crippen LogP contribution in [-0.2, 0) is 16.4 Å². The van der Waals surface area contributed by atoms with Crippen molar-refractivity contribution in [3.63, 3.8) is 0 Å². The first kappa shape index (κ1) is 18.7. The number of hydrogen-bond acceptors (Lipinski definition) is 3. The number of carbonyl (C=O) groups excluding carboxylic acids is 1. The molecule has 0 fully saturated rings. The first-order valence-electron chi connectivity index (χ1n) is 8.22. The quantitative estimate of drug-likeness (QED) is 0.853. The Balaban J connectivity index is 1.89. The normalized spacial score (nSPS) is 14.0. The van der Waals surface area contributed by atoms with Crippen LogP contribution in [0.5, 0.6) is 0 Å². The molecule has 0 saturated carbocycles. The van der Waals surface area contributed by atoms with E-state index in [0.717, 1.165) is 5.56 Å². The Kier molecular flexibility index (Phi) is 5.20. The van der Waals surface area contributed by atoms with Crippen molar-refractivity contribution in [3.8, 4) is 0 Å². The van der Waals surface area contributed by atoms with E-state index in [1.807, 2.05) is 0 Å². The van der Waals surface area contributed by atoms with E-state index in [1.54, 1.807) is 25.1 Å². The third kappa shape index (κ3) is 3.54. The number of hydrogen-bond donors (Lipinski definition) is 1. The Morgan fingerprint density at radius 3 is 2.77 bits per heavy atom. The third-order valence-electron chi connectivity index (χ3n) is 4.30. The minimum Gasteiger partial charge on any atom is -0.322 e. The number of benzene rings is 2. The Bertz CT molecular complexity index is 943. The average Bonchev–Trinajstić information content (AvgIpc) is 2.60. The monoisotopic (exact) mass is 396 g/mol. The van der Waals surface area contributed by atoms with Crippen LogP contribution in [0, 0.1) is 5.82 Å². The second-order valence-electron chi connectivity index (χ2n) is 5.97. The predicted octanol–water partition coefficient (Wildman–Crippen LogP) is 3.83. The second-order valence-corrected chi connectivity index (χ2v) is 8.56. The van der Waals surface area contributed by atoms with Crippen LogP contribution in [0.3, 0.4) is 0 Å². The molecule has 0 aliphatic carbocycles. The van der Waals surface area contributed by atoms with Crippen molar-refractivity contribution in [3.05, 3.63) is 58.4 Å². The molecule has 1 amide bonds. The maximum absolute atomic E-state index is 13.9. The summed E-state index contributed by atoms with van der Waals surface area (Å²) in [4.78, 5) is 12.4. The predicted molar refractivity (Wildman–Crippen MR) is 101 cm³/mol. The number of amides is 1. The SMILES string of the molecule is CCS(=O)(=O)N1CCCc2cc(NC(=O)c3c(F)cccc3Cl)ccc21. The summed E-state index contributed by atoms with van der Waals surface area (Å²) in [5.74, 6) is -1.33. The Morgan fingerprint density at radius 2 is 2.08 bits per heavy atom. The van der Waals surface area contributed by atoms with Crippen molar-refractivity contribution in [2.75, 3.05) is 21.9 Å². The number of halogens is 2. The van der Waals surface area contributed by atoms with Gasteiger partial charge in [0, 0.05) is 12.2 Å². The molecule has 2 aromatic rings. The highest BCUT2D eigenvalue weighted by Gasteiger charge is 2.26. The summed E-state index contributed by atoms with van der Waals surface area (Å²) in [7, 11) is -3.35. The lowest BCUT2D eigenvalue weighted by atomic mass is 10.0. The molecule has 1 aliphatic rings. The largest absolute Gasteiger partial charge is 0.322 e. The van der Waals surface area contributed by atoms with Gasteiger partial charge in [-0.25, -0.2) is 12.8 Å². The van der Waals surface area contributed by atoms with E-state index in [2.05, 4.69) is 5.32 Å². The van der Waals surface area contributed by atoms with E-state index in [4.69, 9.17) is 11.6 Å². The number of aryl methyl sites for hydroxylation is 1. The van der Waals surface area contributed by atoms with Crippen LogP contribution >= 0.6 is 11.6 Å². The molecule has 3 rings (SSSR count). The highest BCUT2D eigenvalue weighted by Crippen LogP contribution is 2.32. The van der Waals surface area contributed by atoms with Gasteiger partial charge >= 0.3 is 0 Å². The zero-order chi connectivity index (χ0) is 18.9. The van der Waals surface area contributed by atoms with Gasteiger partial charge in [0.25, 0.3) is 5.91 Å². The molecular weight excluding hydrogens is 379 g/mol. The molecule has 0 atom stereocenters. The lowest BCUT2D eigenvalue weighted by Gasteiger charge is -2.30. The van der Waals surface area contributed by atoms with Crippen molar-refractivity contribution in [2.24, 2.45) is 0 Å². The first-order chi connectivity index (χ1) is 12.3. The van der Waals surface area contributed by atoms with Crippen LogP contribution < -0.4 is 9.62 Å². The number of carbonyl (C=O) groups is 1. The standard InChI is InChI=1S/C18H18ClFN2O3S/c1-2-26(24,25)22-10-4-5-12-11-13(8-9-16(12)22)21-18(23)17-14(19)6-3-7-15(17)20/h3,6-9,11H,2,4-5,10H2,1H3,(H,21,23). The molecule has 2 aromatic carbocycles. The van der Waals surface area contributed by atoms with Crippen molar-refractivity contribution in [2.45, 2.75) is 19.8 Å². The van der Waals surface area contributed by atoms with Gasteiger partial charge in [0.15, 0.2) is 0 Å². The molecule has 1 aliphatic heterocycles. The van der Waals surface area contributed by atoms with Gasteiger partial charge in [0.2, 0.25) is 10.0 Å². The summed E-state index contributed by atoms with van der Waals surface area (Å²) < 4.78 is 39.8. The van der Waals surface area contributed by atoms with Crippen LogP contribution in [0.2, 0.25) is 5.02 Å². The Morgan fingerprint density at radius 1 is 1.31 bits per heavy atom. The van der Waals surface area contributed by atoms with Crippen molar-refractivity contribution in [1.82, 2.24) is 0 Å². The van der Waals surface area contributed by atoms with Gasteiger partial charge < -0.3 is 5.32 Å². The summed E-state index contributed by atoms with van der Waals surface area (Å²) >= 11 is 5.92. The lowest BCUT2D eigenvalue weighted by molar-refractivity contribution is 0.102. The van der Waals surface area contributed by atoms with Crippen LogP contribution in [-0.4, -0.2) is 26.6 Å². The van der Waals surface area contributed by atoms with E-state index in [-0.39, 0.29) is 16.3 Å². The van der Waals surface area contributed by atoms with Crippen LogP contribution in [0.4, 0.5) is 15.8 Å². The smallest absolute Gasteiger partial charge is 0.260 e.